The van der Waals surface area contributed by atoms with Crippen LogP contribution >= 0.6 is 0 Å². The molecule has 2 aromatic carbocycles. The summed E-state index contributed by atoms with van der Waals surface area (Å²) < 4.78 is 15.6. The second kappa shape index (κ2) is 7.05. The number of allylic oxidation sites excluding steroid dienone is 1. The lowest BCUT2D eigenvalue weighted by molar-refractivity contribution is 0.0730. The summed E-state index contributed by atoms with van der Waals surface area (Å²) >= 11 is 0. The Morgan fingerprint density at radius 3 is 2.56 bits per heavy atom. The van der Waals surface area contributed by atoms with E-state index < -0.39 is 11.6 Å². The molecule has 0 saturated carbocycles. The normalized spacial score (nSPS) is 10.4. The van der Waals surface area contributed by atoms with Crippen LogP contribution in [0.2, 0.25) is 0 Å². The fraction of sp³-hybridized carbons (Fsp3) is 0.100. The third kappa shape index (κ3) is 3.45. The molecule has 0 aliphatic carbocycles. The van der Waals surface area contributed by atoms with Crippen molar-refractivity contribution >= 4 is 16.9 Å². The van der Waals surface area contributed by atoms with Crippen molar-refractivity contribution in [2.24, 2.45) is 0 Å². The number of hydrogen-bond acceptors (Lipinski definition) is 5. The molecule has 0 N–H and O–H groups in total. The molecule has 0 aliphatic heterocycles. The van der Waals surface area contributed by atoms with Crippen LogP contribution in [0.25, 0.3) is 11.0 Å². The van der Waals surface area contributed by atoms with Gasteiger partial charge in [-0.1, -0.05) is 24.3 Å². The van der Waals surface area contributed by atoms with Gasteiger partial charge in [-0.2, -0.15) is 0 Å². The summed E-state index contributed by atoms with van der Waals surface area (Å²) in [4.78, 5) is 24.5. The number of esters is 1. The minimum absolute atomic E-state index is 0.154. The monoisotopic (exact) mass is 336 g/mol. The van der Waals surface area contributed by atoms with Gasteiger partial charge in [-0.15, -0.1) is 6.58 Å². The Hall–Kier alpha value is -3.34. The molecule has 0 spiro atoms. The molecule has 0 bridgehead atoms. The Morgan fingerprint density at radius 2 is 1.88 bits per heavy atom. The van der Waals surface area contributed by atoms with Gasteiger partial charge in [-0.25, -0.2) is 9.59 Å². The van der Waals surface area contributed by atoms with E-state index in [1.807, 2.05) is 12.1 Å². The van der Waals surface area contributed by atoms with E-state index in [1.165, 1.54) is 6.07 Å². The number of ether oxygens (including phenoxy) is 2. The second-order valence-electron chi connectivity index (χ2n) is 5.34. The summed E-state index contributed by atoms with van der Waals surface area (Å²) in [6.45, 7) is 3.69. The minimum atomic E-state index is -0.769. The zero-order valence-electron chi connectivity index (χ0n) is 13.7. The lowest BCUT2D eigenvalue weighted by Gasteiger charge is -2.07. The molecular weight excluding hydrogens is 320 g/mol. The minimum Gasteiger partial charge on any atom is -0.497 e. The topological polar surface area (TPSA) is 65.7 Å². The van der Waals surface area contributed by atoms with Crippen LogP contribution in [0, 0.1) is 0 Å². The van der Waals surface area contributed by atoms with Gasteiger partial charge in [0.1, 0.15) is 22.6 Å². The molecule has 1 heterocycles. The fourth-order valence-electron chi connectivity index (χ4n) is 2.47. The van der Waals surface area contributed by atoms with Crippen molar-refractivity contribution in [3.8, 4) is 11.5 Å². The van der Waals surface area contributed by atoms with Gasteiger partial charge in [0.25, 0.3) is 0 Å². The van der Waals surface area contributed by atoms with Gasteiger partial charge in [0.05, 0.1) is 7.11 Å². The molecule has 0 radical (unpaired) electrons. The standard InChI is InChI=1S/C20H16O5/c1-3-5-13-6-4-7-14-12-17(20(22)25-18(13)14)19(21)24-16-10-8-15(23-2)9-11-16/h3-4,6-12H,1,5H2,2H3. The number of para-hydroxylation sites is 1. The maximum Gasteiger partial charge on any atom is 0.351 e. The van der Waals surface area contributed by atoms with Crippen LogP contribution in [0.3, 0.4) is 0 Å². The summed E-state index contributed by atoms with van der Waals surface area (Å²) in [5.41, 5.74) is 0.398. The molecule has 0 atom stereocenters. The maximum absolute atomic E-state index is 12.3. The van der Waals surface area contributed by atoms with E-state index in [0.29, 0.717) is 28.9 Å². The number of hydrogen-bond donors (Lipinski definition) is 0. The highest BCUT2D eigenvalue weighted by Gasteiger charge is 2.17. The Morgan fingerprint density at radius 1 is 1.16 bits per heavy atom. The summed E-state index contributed by atoms with van der Waals surface area (Å²) in [7, 11) is 1.54. The highest BCUT2D eigenvalue weighted by molar-refractivity contribution is 5.94. The van der Waals surface area contributed by atoms with Gasteiger partial charge in [-0.3, -0.25) is 0 Å². The molecule has 1 aromatic heterocycles. The van der Waals surface area contributed by atoms with Crippen LogP contribution in [-0.4, -0.2) is 13.1 Å². The SMILES string of the molecule is C=CCc1cccc2cc(C(=O)Oc3ccc(OC)cc3)c(=O)oc12. The number of carbonyl (C=O) groups excluding carboxylic acids is 1. The predicted molar refractivity (Wildman–Crippen MR) is 94.3 cm³/mol. The number of fused-ring (bicyclic) bond motifs is 1. The van der Waals surface area contributed by atoms with Crippen molar-refractivity contribution in [3.63, 3.8) is 0 Å². The summed E-state index contributed by atoms with van der Waals surface area (Å²) in [5, 5.41) is 0.653. The van der Waals surface area contributed by atoms with Gasteiger partial charge in [0.15, 0.2) is 0 Å². The molecule has 3 aromatic rings. The van der Waals surface area contributed by atoms with Gasteiger partial charge in [-0.05, 0) is 42.3 Å². The molecular formula is C20H16O5. The third-order valence-corrected chi connectivity index (χ3v) is 3.70. The fourth-order valence-corrected chi connectivity index (χ4v) is 2.47. The highest BCUT2D eigenvalue weighted by Crippen LogP contribution is 2.21. The van der Waals surface area contributed by atoms with Crippen molar-refractivity contribution < 1.29 is 18.7 Å². The molecule has 5 nitrogen and oxygen atoms in total. The largest absolute Gasteiger partial charge is 0.497 e. The van der Waals surface area contributed by atoms with Crippen LogP contribution in [0.4, 0.5) is 0 Å². The van der Waals surface area contributed by atoms with E-state index in [0.717, 1.165) is 5.56 Å². The summed E-state index contributed by atoms with van der Waals surface area (Å²) in [5.74, 6) is 0.181. The first-order valence-electron chi connectivity index (χ1n) is 7.65. The van der Waals surface area contributed by atoms with Crippen LogP contribution < -0.4 is 15.1 Å². The molecule has 0 aliphatic rings. The van der Waals surface area contributed by atoms with E-state index in [2.05, 4.69) is 6.58 Å². The molecule has 0 fully saturated rings. The zero-order valence-corrected chi connectivity index (χ0v) is 13.7. The van der Waals surface area contributed by atoms with E-state index >= 15 is 0 Å². The molecule has 0 saturated heterocycles. The molecule has 126 valence electrons. The summed E-state index contributed by atoms with van der Waals surface area (Å²) in [6, 6.07) is 13.4. The molecule has 0 amide bonds. The lowest BCUT2D eigenvalue weighted by atomic mass is 10.1. The summed E-state index contributed by atoms with van der Waals surface area (Å²) in [6.07, 6.45) is 2.29. The van der Waals surface area contributed by atoms with Crippen molar-refractivity contribution in [3.05, 3.63) is 82.7 Å². The van der Waals surface area contributed by atoms with Crippen LogP contribution in [-0.2, 0) is 6.42 Å². The van der Waals surface area contributed by atoms with Crippen LogP contribution in [0.15, 0.2) is 70.4 Å². The van der Waals surface area contributed by atoms with Gasteiger partial charge in [0, 0.05) is 5.39 Å². The number of rotatable bonds is 5. The Balaban J connectivity index is 1.94. The molecule has 0 unspecified atom stereocenters. The van der Waals surface area contributed by atoms with Gasteiger partial charge in [0.2, 0.25) is 0 Å². The second-order valence-corrected chi connectivity index (χ2v) is 5.34. The quantitative estimate of drug-likeness (QED) is 0.307. The molecule has 3 rings (SSSR count). The first kappa shape index (κ1) is 16.5. The molecule has 25 heavy (non-hydrogen) atoms. The Kier molecular flexibility index (Phi) is 4.66. The van der Waals surface area contributed by atoms with Gasteiger partial charge >= 0.3 is 11.6 Å². The number of carbonyl (C=O) groups is 1. The first-order valence-corrected chi connectivity index (χ1v) is 7.65. The molecule has 5 heteroatoms. The van der Waals surface area contributed by atoms with Crippen molar-refractivity contribution in [1.82, 2.24) is 0 Å². The lowest BCUT2D eigenvalue weighted by Crippen LogP contribution is -2.18. The Labute approximate surface area is 144 Å². The van der Waals surface area contributed by atoms with Gasteiger partial charge < -0.3 is 13.9 Å². The average Bonchev–Trinajstić information content (AvgIpc) is 2.62. The van der Waals surface area contributed by atoms with E-state index in [9.17, 15) is 9.59 Å². The van der Waals surface area contributed by atoms with Crippen molar-refractivity contribution in [2.45, 2.75) is 6.42 Å². The third-order valence-electron chi connectivity index (χ3n) is 3.70. The zero-order chi connectivity index (χ0) is 17.8. The van der Waals surface area contributed by atoms with Crippen LogP contribution in [0.1, 0.15) is 15.9 Å². The van der Waals surface area contributed by atoms with E-state index in [4.69, 9.17) is 13.9 Å². The van der Waals surface area contributed by atoms with E-state index in [1.54, 1.807) is 43.5 Å². The van der Waals surface area contributed by atoms with Crippen LogP contribution in [0.5, 0.6) is 11.5 Å². The highest BCUT2D eigenvalue weighted by atomic mass is 16.5. The number of methoxy groups -OCH3 is 1. The maximum atomic E-state index is 12.3. The number of benzene rings is 2. The smallest absolute Gasteiger partial charge is 0.351 e. The first-order chi connectivity index (χ1) is 12.1. The van der Waals surface area contributed by atoms with Crippen molar-refractivity contribution in [2.75, 3.05) is 7.11 Å². The van der Waals surface area contributed by atoms with Crippen molar-refractivity contribution in [1.29, 1.82) is 0 Å². The Bertz CT molecular complexity index is 983. The predicted octanol–water partition coefficient (Wildman–Crippen LogP) is 3.75. The van der Waals surface area contributed by atoms with E-state index in [-0.39, 0.29) is 5.56 Å². The average molecular weight is 336 g/mol.